The van der Waals surface area contributed by atoms with Crippen LogP contribution in [0.5, 0.6) is 5.75 Å². The highest BCUT2D eigenvalue weighted by Crippen LogP contribution is 2.23. The fourth-order valence-electron chi connectivity index (χ4n) is 2.12. The molecule has 1 aliphatic heterocycles. The van der Waals surface area contributed by atoms with E-state index in [2.05, 4.69) is 0 Å². The predicted octanol–water partition coefficient (Wildman–Crippen LogP) is 1.66. The van der Waals surface area contributed by atoms with Crippen molar-refractivity contribution in [2.75, 3.05) is 26.2 Å². The van der Waals surface area contributed by atoms with Gasteiger partial charge in [0.05, 0.1) is 4.90 Å². The molecule has 116 valence electrons. The third kappa shape index (κ3) is 4.03. The minimum atomic E-state index is -3.42. The summed E-state index contributed by atoms with van der Waals surface area (Å²) in [5, 5.41) is 0. The summed E-state index contributed by atoms with van der Waals surface area (Å²) in [4.78, 5) is 0.231. The summed E-state index contributed by atoms with van der Waals surface area (Å²) in [6, 6.07) is 6.01. The van der Waals surface area contributed by atoms with Gasteiger partial charge in [-0.15, -0.1) is 0 Å². The molecule has 2 N–H and O–H groups in total. The van der Waals surface area contributed by atoms with Crippen LogP contribution in [-0.4, -0.2) is 39.0 Å². The minimum absolute atomic E-state index is 0.113. The summed E-state index contributed by atoms with van der Waals surface area (Å²) >= 11 is 0. The Morgan fingerprint density at radius 3 is 2.48 bits per heavy atom. The molecule has 1 aromatic carbocycles. The van der Waals surface area contributed by atoms with Gasteiger partial charge in [0.15, 0.2) is 0 Å². The quantitative estimate of drug-likeness (QED) is 0.867. The maximum Gasteiger partial charge on any atom is 0.243 e. The van der Waals surface area contributed by atoms with Crippen molar-refractivity contribution >= 4 is 10.0 Å². The summed E-state index contributed by atoms with van der Waals surface area (Å²) in [6.07, 6.45) is 3.02. The lowest BCUT2D eigenvalue weighted by atomic mass is 10.3. The number of hydrogen-bond donors (Lipinski definition) is 1. The Kier molecular flexibility index (Phi) is 5.33. The molecule has 1 fully saturated rings. The molecule has 0 atom stereocenters. The highest BCUT2D eigenvalue weighted by atomic mass is 32.2. The predicted molar refractivity (Wildman–Crippen MR) is 78.2 cm³/mol. The molecule has 0 radical (unpaired) electrons. The van der Waals surface area contributed by atoms with E-state index in [0.717, 1.165) is 12.8 Å². The topological polar surface area (TPSA) is 72.6 Å². The van der Waals surface area contributed by atoms with E-state index in [1.807, 2.05) is 0 Å². The van der Waals surface area contributed by atoms with Gasteiger partial charge in [0.25, 0.3) is 0 Å². The monoisotopic (exact) mass is 314 g/mol. The summed E-state index contributed by atoms with van der Waals surface area (Å²) in [5.41, 5.74) is 5.18. The zero-order chi connectivity index (χ0) is 15.3. The molecule has 0 bridgehead atoms. The van der Waals surface area contributed by atoms with Crippen LogP contribution in [0.3, 0.4) is 0 Å². The van der Waals surface area contributed by atoms with Gasteiger partial charge >= 0.3 is 0 Å². The highest BCUT2D eigenvalue weighted by molar-refractivity contribution is 7.89. The first kappa shape index (κ1) is 15.9. The first-order chi connectivity index (χ1) is 10.0. The molecule has 5 nitrogen and oxygen atoms in total. The Bertz CT molecular complexity index is 593. The van der Waals surface area contributed by atoms with Gasteiger partial charge in [-0.1, -0.05) is 0 Å². The van der Waals surface area contributed by atoms with Crippen LogP contribution in [0.1, 0.15) is 12.8 Å². The maximum atomic E-state index is 13.1. The van der Waals surface area contributed by atoms with Gasteiger partial charge < -0.3 is 10.5 Å². The van der Waals surface area contributed by atoms with Crippen LogP contribution in [-0.2, 0) is 10.0 Å². The van der Waals surface area contributed by atoms with E-state index in [9.17, 15) is 12.8 Å². The van der Waals surface area contributed by atoms with Crippen LogP contribution in [0.2, 0.25) is 0 Å². The zero-order valence-electron chi connectivity index (χ0n) is 11.7. The van der Waals surface area contributed by atoms with Crippen LogP contribution in [0.25, 0.3) is 0 Å². The molecule has 0 spiro atoms. The third-order valence-electron chi connectivity index (χ3n) is 3.24. The number of ether oxygens (including phenoxy) is 1. The van der Waals surface area contributed by atoms with Gasteiger partial charge in [0.2, 0.25) is 10.0 Å². The summed E-state index contributed by atoms with van der Waals surface area (Å²) in [6.45, 7) is 1.03. The maximum absolute atomic E-state index is 13.1. The fraction of sp³-hybridized carbons (Fsp3) is 0.429. The smallest absolute Gasteiger partial charge is 0.243 e. The lowest BCUT2D eigenvalue weighted by molar-refractivity contribution is 0.318. The van der Waals surface area contributed by atoms with Crippen molar-refractivity contribution < 1.29 is 17.5 Å². The van der Waals surface area contributed by atoms with Crippen molar-refractivity contribution in [3.05, 3.63) is 36.2 Å². The molecule has 2 rings (SSSR count). The van der Waals surface area contributed by atoms with Gasteiger partial charge in [0.1, 0.15) is 18.2 Å². The Morgan fingerprint density at radius 1 is 1.29 bits per heavy atom. The third-order valence-corrected chi connectivity index (χ3v) is 5.16. The van der Waals surface area contributed by atoms with Gasteiger partial charge in [-0.05, 0) is 43.2 Å². The average Bonchev–Trinajstić information content (AvgIpc) is 3.01. The normalized spacial score (nSPS) is 17.1. The van der Waals surface area contributed by atoms with E-state index in [1.54, 1.807) is 0 Å². The van der Waals surface area contributed by atoms with Gasteiger partial charge in [-0.2, -0.15) is 4.31 Å². The van der Waals surface area contributed by atoms with E-state index in [-0.39, 0.29) is 18.0 Å². The first-order valence-corrected chi connectivity index (χ1v) is 8.25. The molecule has 1 saturated heterocycles. The molecule has 0 aromatic heterocycles. The lowest BCUT2D eigenvalue weighted by Crippen LogP contribution is -2.27. The van der Waals surface area contributed by atoms with Crippen molar-refractivity contribution in [3.8, 4) is 5.75 Å². The van der Waals surface area contributed by atoms with Crippen molar-refractivity contribution in [2.45, 2.75) is 17.7 Å². The molecule has 21 heavy (non-hydrogen) atoms. The molecule has 0 aliphatic carbocycles. The average molecular weight is 314 g/mol. The highest BCUT2D eigenvalue weighted by Gasteiger charge is 2.26. The molecule has 1 aliphatic rings. The second-order valence-electron chi connectivity index (χ2n) is 4.76. The molecule has 1 heterocycles. The van der Waals surface area contributed by atoms with Crippen LogP contribution in [0, 0.1) is 0 Å². The fourth-order valence-corrected chi connectivity index (χ4v) is 3.64. The summed E-state index contributed by atoms with van der Waals surface area (Å²) < 4.78 is 44.4. The van der Waals surface area contributed by atoms with Crippen molar-refractivity contribution in [2.24, 2.45) is 5.73 Å². The first-order valence-electron chi connectivity index (χ1n) is 6.81. The summed E-state index contributed by atoms with van der Waals surface area (Å²) in [5.74, 6) is -0.0396. The van der Waals surface area contributed by atoms with E-state index in [0.29, 0.717) is 18.8 Å². The van der Waals surface area contributed by atoms with Crippen LogP contribution in [0.15, 0.2) is 41.1 Å². The van der Waals surface area contributed by atoms with Crippen molar-refractivity contribution in [3.63, 3.8) is 0 Å². The number of sulfonamides is 1. The summed E-state index contributed by atoms with van der Waals surface area (Å²) in [7, 11) is -3.42. The van der Waals surface area contributed by atoms with Crippen molar-refractivity contribution in [1.29, 1.82) is 0 Å². The largest absolute Gasteiger partial charge is 0.487 e. The molecular formula is C14H19FN2O3S. The van der Waals surface area contributed by atoms with Crippen LogP contribution < -0.4 is 10.5 Å². The molecule has 0 unspecified atom stereocenters. The van der Waals surface area contributed by atoms with Gasteiger partial charge in [0, 0.05) is 19.6 Å². The zero-order valence-corrected chi connectivity index (χ0v) is 12.5. The SMILES string of the molecule is NC/C=C(\F)COc1ccc(S(=O)(=O)N2CCCC2)cc1. The van der Waals surface area contributed by atoms with Crippen LogP contribution in [0.4, 0.5) is 4.39 Å². The Labute approximate surface area is 124 Å². The molecule has 0 amide bonds. The number of benzene rings is 1. The molecule has 1 aromatic rings. The standard InChI is InChI=1S/C14H19FN2O3S/c15-12(7-8-16)11-20-13-3-5-14(6-4-13)21(18,19)17-9-1-2-10-17/h3-7H,1-2,8-11,16H2/b12-7-. The second-order valence-corrected chi connectivity index (χ2v) is 6.70. The van der Waals surface area contributed by atoms with Crippen molar-refractivity contribution in [1.82, 2.24) is 4.31 Å². The number of hydrogen-bond acceptors (Lipinski definition) is 4. The Balaban J connectivity index is 2.03. The van der Waals surface area contributed by atoms with Crippen LogP contribution >= 0.6 is 0 Å². The Morgan fingerprint density at radius 2 is 1.90 bits per heavy atom. The van der Waals surface area contributed by atoms with E-state index in [1.165, 1.54) is 34.6 Å². The lowest BCUT2D eigenvalue weighted by Gasteiger charge is -2.15. The molecule has 0 saturated carbocycles. The number of nitrogens with zero attached hydrogens (tertiary/aromatic N) is 1. The Hall–Kier alpha value is -1.44. The van der Waals surface area contributed by atoms with Gasteiger partial charge in [-0.3, -0.25) is 0 Å². The molecule has 7 heteroatoms. The van der Waals surface area contributed by atoms with E-state index >= 15 is 0 Å². The van der Waals surface area contributed by atoms with Gasteiger partial charge in [-0.25, -0.2) is 12.8 Å². The minimum Gasteiger partial charge on any atom is -0.487 e. The number of nitrogens with two attached hydrogens (primary N) is 1. The van der Waals surface area contributed by atoms with E-state index in [4.69, 9.17) is 10.5 Å². The second kappa shape index (κ2) is 7.02. The molecular weight excluding hydrogens is 295 g/mol. The van der Waals surface area contributed by atoms with E-state index < -0.39 is 15.9 Å². The number of halogens is 1. The number of rotatable bonds is 6.